The van der Waals surface area contributed by atoms with Crippen LogP contribution in [0, 0.1) is 6.92 Å². The van der Waals surface area contributed by atoms with Gasteiger partial charge in [0.25, 0.3) is 5.91 Å². The molecule has 0 bridgehead atoms. The molecule has 7 heteroatoms. The highest BCUT2D eigenvalue weighted by Gasteiger charge is 2.33. The van der Waals surface area contributed by atoms with Crippen molar-refractivity contribution in [2.24, 2.45) is 0 Å². The van der Waals surface area contributed by atoms with Gasteiger partial charge in [-0.05, 0) is 13.3 Å². The van der Waals surface area contributed by atoms with Crippen molar-refractivity contribution < 1.29 is 13.2 Å². The predicted octanol–water partition coefficient (Wildman–Crippen LogP) is 0.711. The van der Waals surface area contributed by atoms with Crippen molar-refractivity contribution in [3.63, 3.8) is 0 Å². The number of rotatable bonds is 2. The molecule has 17 heavy (non-hydrogen) atoms. The Morgan fingerprint density at radius 1 is 1.59 bits per heavy atom. The van der Waals surface area contributed by atoms with Crippen LogP contribution in [0.4, 0.5) is 0 Å². The number of hydrogen-bond donors (Lipinski definition) is 0. The number of carbonyl (C=O) groups is 1. The van der Waals surface area contributed by atoms with Gasteiger partial charge in [0, 0.05) is 18.5 Å². The smallest absolute Gasteiger partial charge is 0.273 e. The number of aryl methyl sites for hydroxylation is 1. The van der Waals surface area contributed by atoms with Crippen LogP contribution >= 0.6 is 11.3 Å². The van der Waals surface area contributed by atoms with Crippen molar-refractivity contribution in [2.75, 3.05) is 18.6 Å². The third-order valence-corrected chi connectivity index (χ3v) is 5.44. The first-order valence-electron chi connectivity index (χ1n) is 5.29. The summed E-state index contributed by atoms with van der Waals surface area (Å²) in [7, 11) is -1.32. The monoisotopic (exact) mass is 274 g/mol. The molecule has 1 unspecified atom stereocenters. The van der Waals surface area contributed by atoms with Crippen molar-refractivity contribution in [2.45, 2.75) is 19.4 Å². The number of amides is 1. The Labute approximate surface area is 104 Å². The lowest BCUT2D eigenvalue weighted by Crippen LogP contribution is -2.38. The summed E-state index contributed by atoms with van der Waals surface area (Å²) in [6.45, 7) is 1.83. The van der Waals surface area contributed by atoms with Crippen LogP contribution in [0.25, 0.3) is 0 Å². The maximum Gasteiger partial charge on any atom is 0.273 e. The Morgan fingerprint density at radius 3 is 2.76 bits per heavy atom. The van der Waals surface area contributed by atoms with Crippen LogP contribution in [0.3, 0.4) is 0 Å². The SMILES string of the molecule is Cc1nc(C(=O)N(C)C2CCS(=O)(=O)C2)cs1. The molecule has 0 aliphatic carbocycles. The van der Waals surface area contributed by atoms with Crippen LogP contribution in [-0.2, 0) is 9.84 Å². The first-order chi connectivity index (χ1) is 7.89. The van der Waals surface area contributed by atoms with E-state index in [2.05, 4.69) is 4.98 Å². The largest absolute Gasteiger partial charge is 0.336 e. The van der Waals surface area contributed by atoms with Crippen molar-refractivity contribution in [3.05, 3.63) is 16.1 Å². The molecule has 2 heterocycles. The lowest BCUT2D eigenvalue weighted by molar-refractivity contribution is 0.0742. The normalized spacial score (nSPS) is 22.6. The molecular weight excluding hydrogens is 260 g/mol. The Hall–Kier alpha value is -0.950. The van der Waals surface area contributed by atoms with Crippen LogP contribution < -0.4 is 0 Å². The molecule has 1 atom stereocenters. The Bertz CT molecular complexity index is 536. The lowest BCUT2D eigenvalue weighted by Gasteiger charge is -2.22. The van der Waals surface area contributed by atoms with Gasteiger partial charge >= 0.3 is 0 Å². The molecule has 1 aromatic heterocycles. The molecule has 0 saturated carbocycles. The van der Waals surface area contributed by atoms with Crippen LogP contribution in [0.2, 0.25) is 0 Å². The first-order valence-corrected chi connectivity index (χ1v) is 7.99. The van der Waals surface area contributed by atoms with Crippen molar-refractivity contribution in [1.82, 2.24) is 9.88 Å². The van der Waals surface area contributed by atoms with E-state index in [9.17, 15) is 13.2 Å². The summed E-state index contributed by atoms with van der Waals surface area (Å²) in [5, 5.41) is 2.54. The van der Waals surface area contributed by atoms with Gasteiger partial charge in [0.05, 0.1) is 16.5 Å². The van der Waals surface area contributed by atoms with Crippen LogP contribution in [-0.4, -0.2) is 48.8 Å². The molecule has 1 aliphatic heterocycles. The van der Waals surface area contributed by atoms with E-state index in [1.54, 1.807) is 12.4 Å². The van der Waals surface area contributed by atoms with E-state index >= 15 is 0 Å². The average Bonchev–Trinajstić information content (AvgIpc) is 2.82. The molecule has 0 N–H and O–H groups in total. The number of nitrogens with zero attached hydrogens (tertiary/aromatic N) is 2. The zero-order chi connectivity index (χ0) is 12.6. The zero-order valence-electron chi connectivity index (χ0n) is 9.71. The molecule has 0 spiro atoms. The van der Waals surface area contributed by atoms with Crippen molar-refractivity contribution in [1.29, 1.82) is 0 Å². The van der Waals surface area contributed by atoms with Gasteiger partial charge in [0.2, 0.25) is 0 Å². The topological polar surface area (TPSA) is 67.3 Å². The molecule has 1 saturated heterocycles. The van der Waals surface area contributed by atoms with E-state index in [1.807, 2.05) is 6.92 Å². The second kappa shape index (κ2) is 4.38. The number of hydrogen-bond acceptors (Lipinski definition) is 5. The van der Waals surface area contributed by atoms with E-state index in [-0.39, 0.29) is 23.5 Å². The molecule has 2 rings (SSSR count). The highest BCUT2D eigenvalue weighted by Crippen LogP contribution is 2.19. The van der Waals surface area contributed by atoms with E-state index in [4.69, 9.17) is 0 Å². The van der Waals surface area contributed by atoms with Gasteiger partial charge in [-0.2, -0.15) is 0 Å². The van der Waals surface area contributed by atoms with Gasteiger partial charge < -0.3 is 4.90 Å². The van der Waals surface area contributed by atoms with Gasteiger partial charge in [-0.1, -0.05) is 0 Å². The fraction of sp³-hybridized carbons (Fsp3) is 0.600. The van der Waals surface area contributed by atoms with Crippen LogP contribution in [0.5, 0.6) is 0 Å². The molecule has 94 valence electrons. The minimum atomic E-state index is -2.96. The Kier molecular flexibility index (Phi) is 3.22. The molecule has 1 aliphatic rings. The third-order valence-electron chi connectivity index (χ3n) is 2.91. The Morgan fingerprint density at radius 2 is 2.29 bits per heavy atom. The molecule has 1 amide bonds. The molecular formula is C10H14N2O3S2. The highest BCUT2D eigenvalue weighted by atomic mass is 32.2. The van der Waals surface area contributed by atoms with Gasteiger partial charge in [0.1, 0.15) is 5.69 Å². The first kappa shape index (κ1) is 12.5. The summed E-state index contributed by atoms with van der Waals surface area (Å²) in [6, 6.07) is -0.213. The quantitative estimate of drug-likeness (QED) is 0.796. The summed E-state index contributed by atoms with van der Waals surface area (Å²) in [5.41, 5.74) is 0.402. The number of thiazole rings is 1. The van der Waals surface area contributed by atoms with E-state index in [0.29, 0.717) is 12.1 Å². The number of aromatic nitrogens is 1. The maximum atomic E-state index is 12.0. The predicted molar refractivity (Wildman–Crippen MR) is 66.0 cm³/mol. The van der Waals surface area contributed by atoms with Gasteiger partial charge in [-0.25, -0.2) is 13.4 Å². The highest BCUT2D eigenvalue weighted by molar-refractivity contribution is 7.91. The van der Waals surface area contributed by atoms with Crippen molar-refractivity contribution >= 4 is 27.1 Å². The van der Waals surface area contributed by atoms with E-state index < -0.39 is 9.84 Å². The minimum absolute atomic E-state index is 0.0678. The number of carbonyl (C=O) groups excluding carboxylic acids is 1. The molecule has 0 radical (unpaired) electrons. The van der Waals surface area contributed by atoms with Crippen molar-refractivity contribution in [3.8, 4) is 0 Å². The summed E-state index contributed by atoms with van der Waals surface area (Å²) >= 11 is 1.42. The molecule has 5 nitrogen and oxygen atoms in total. The molecule has 0 aromatic carbocycles. The zero-order valence-corrected chi connectivity index (χ0v) is 11.3. The molecule has 1 aromatic rings. The van der Waals surface area contributed by atoms with Gasteiger partial charge in [0.15, 0.2) is 9.84 Å². The van der Waals surface area contributed by atoms with E-state index in [0.717, 1.165) is 5.01 Å². The Balaban J connectivity index is 2.11. The van der Waals surface area contributed by atoms with Crippen LogP contribution in [0.1, 0.15) is 21.9 Å². The maximum absolute atomic E-state index is 12.0. The lowest BCUT2D eigenvalue weighted by atomic mass is 10.2. The van der Waals surface area contributed by atoms with Gasteiger partial charge in [-0.3, -0.25) is 4.79 Å². The summed E-state index contributed by atoms with van der Waals surface area (Å²) in [6.07, 6.45) is 0.522. The summed E-state index contributed by atoms with van der Waals surface area (Å²) < 4.78 is 22.7. The fourth-order valence-electron chi connectivity index (χ4n) is 1.89. The average molecular weight is 274 g/mol. The number of sulfone groups is 1. The second-order valence-electron chi connectivity index (χ2n) is 4.22. The summed E-state index contributed by atoms with van der Waals surface area (Å²) in [4.78, 5) is 17.6. The second-order valence-corrected chi connectivity index (χ2v) is 7.52. The fourth-order valence-corrected chi connectivity index (χ4v) is 4.25. The minimum Gasteiger partial charge on any atom is -0.336 e. The standard InChI is InChI=1S/C10H14N2O3S2/c1-7-11-9(5-16-7)10(13)12(2)8-3-4-17(14,15)6-8/h5,8H,3-4,6H2,1-2H3. The molecule has 1 fully saturated rings. The van der Waals surface area contributed by atoms with Crippen LogP contribution in [0.15, 0.2) is 5.38 Å². The summed E-state index contributed by atoms with van der Waals surface area (Å²) in [5.74, 6) is 0.0421. The van der Waals surface area contributed by atoms with E-state index in [1.165, 1.54) is 16.2 Å². The van der Waals surface area contributed by atoms with Gasteiger partial charge in [-0.15, -0.1) is 11.3 Å². The third kappa shape index (κ3) is 2.66.